The first-order chi connectivity index (χ1) is 10.8. The van der Waals surface area contributed by atoms with E-state index in [0.29, 0.717) is 29.8 Å². The van der Waals surface area contributed by atoms with Gasteiger partial charge in [-0.15, -0.1) is 11.6 Å². The fourth-order valence-corrected chi connectivity index (χ4v) is 2.23. The van der Waals surface area contributed by atoms with Crippen molar-refractivity contribution in [2.45, 2.75) is 38.5 Å². The number of rotatable bonds is 9. The van der Waals surface area contributed by atoms with Gasteiger partial charge in [-0.1, -0.05) is 37.4 Å². The second-order valence-corrected chi connectivity index (χ2v) is 5.16. The summed E-state index contributed by atoms with van der Waals surface area (Å²) < 4.78 is 16.4. The van der Waals surface area contributed by atoms with E-state index in [2.05, 4.69) is 17.1 Å². The van der Waals surface area contributed by atoms with Crippen molar-refractivity contribution in [3.05, 3.63) is 24.1 Å². The van der Waals surface area contributed by atoms with E-state index >= 15 is 0 Å². The predicted octanol–water partition coefficient (Wildman–Crippen LogP) is 4.44. The van der Waals surface area contributed by atoms with Crippen LogP contribution in [0.2, 0.25) is 0 Å². The van der Waals surface area contributed by atoms with Crippen molar-refractivity contribution in [3.63, 3.8) is 0 Å². The molecule has 1 aromatic heterocycles. The summed E-state index contributed by atoms with van der Waals surface area (Å²) in [4.78, 5) is 4.25. The number of para-hydroxylation sites is 1. The molecule has 0 bridgehead atoms. The molecule has 0 fully saturated rings. The molecule has 120 valence electrons. The van der Waals surface area contributed by atoms with Crippen LogP contribution in [0.4, 0.5) is 0 Å². The Hall–Kier alpha value is -1.75. The van der Waals surface area contributed by atoms with Gasteiger partial charge in [-0.3, -0.25) is 0 Å². The van der Waals surface area contributed by atoms with E-state index in [1.54, 1.807) is 7.11 Å². The molecule has 0 atom stereocenters. The van der Waals surface area contributed by atoms with Crippen LogP contribution in [0.1, 0.15) is 38.5 Å². The molecule has 0 aliphatic rings. The zero-order valence-electron chi connectivity index (χ0n) is 13.0. The van der Waals surface area contributed by atoms with E-state index in [-0.39, 0.29) is 5.88 Å². The molecule has 2 aromatic rings. The Morgan fingerprint density at radius 2 is 2.09 bits per heavy atom. The van der Waals surface area contributed by atoms with Gasteiger partial charge in [0.15, 0.2) is 11.5 Å². The maximum Gasteiger partial charge on any atom is 0.241 e. The summed E-state index contributed by atoms with van der Waals surface area (Å²) >= 11 is 5.71. The number of ether oxygens (including phenoxy) is 2. The summed E-state index contributed by atoms with van der Waals surface area (Å²) in [6.07, 6.45) is 4.57. The van der Waals surface area contributed by atoms with Crippen molar-refractivity contribution in [3.8, 4) is 22.9 Å². The first-order valence-corrected chi connectivity index (χ1v) is 8.02. The third-order valence-corrected chi connectivity index (χ3v) is 3.50. The maximum absolute atomic E-state index is 5.92. The van der Waals surface area contributed by atoms with E-state index in [9.17, 15) is 0 Å². The molecule has 0 N–H and O–H groups in total. The van der Waals surface area contributed by atoms with Crippen molar-refractivity contribution < 1.29 is 14.0 Å². The van der Waals surface area contributed by atoms with E-state index in [1.165, 1.54) is 12.8 Å². The largest absolute Gasteiger partial charge is 0.493 e. The predicted molar refractivity (Wildman–Crippen MR) is 85.5 cm³/mol. The Kier molecular flexibility index (Phi) is 6.52. The highest BCUT2D eigenvalue weighted by Gasteiger charge is 2.17. The SMILES string of the molecule is CCCCCCOc1c(OC)cccc1-c1noc(CCl)n1. The number of halogens is 1. The van der Waals surface area contributed by atoms with Gasteiger partial charge in [0.25, 0.3) is 0 Å². The van der Waals surface area contributed by atoms with E-state index in [0.717, 1.165) is 18.4 Å². The molecule has 6 heteroatoms. The number of hydrogen-bond acceptors (Lipinski definition) is 5. The fourth-order valence-electron chi connectivity index (χ4n) is 2.12. The van der Waals surface area contributed by atoms with Gasteiger partial charge in [0.05, 0.1) is 19.3 Å². The number of benzene rings is 1. The van der Waals surface area contributed by atoms with Crippen molar-refractivity contribution in [2.24, 2.45) is 0 Å². The van der Waals surface area contributed by atoms with E-state index in [1.807, 2.05) is 18.2 Å². The summed E-state index contributed by atoms with van der Waals surface area (Å²) in [6, 6.07) is 5.61. The summed E-state index contributed by atoms with van der Waals surface area (Å²) in [5.41, 5.74) is 0.745. The normalized spacial score (nSPS) is 10.7. The van der Waals surface area contributed by atoms with Gasteiger partial charge < -0.3 is 14.0 Å². The van der Waals surface area contributed by atoms with E-state index < -0.39 is 0 Å². The van der Waals surface area contributed by atoms with Gasteiger partial charge in [0, 0.05) is 0 Å². The minimum absolute atomic E-state index is 0.185. The first-order valence-electron chi connectivity index (χ1n) is 7.48. The number of nitrogens with zero attached hydrogens (tertiary/aromatic N) is 2. The second-order valence-electron chi connectivity index (χ2n) is 4.89. The molecule has 0 unspecified atom stereocenters. The minimum atomic E-state index is 0.185. The molecule has 0 amide bonds. The van der Waals surface area contributed by atoms with Crippen LogP contribution in [0.15, 0.2) is 22.7 Å². The lowest BCUT2D eigenvalue weighted by Gasteiger charge is -2.13. The van der Waals surface area contributed by atoms with Gasteiger partial charge in [0.1, 0.15) is 5.88 Å². The Labute approximate surface area is 135 Å². The molecule has 22 heavy (non-hydrogen) atoms. The summed E-state index contributed by atoms with van der Waals surface area (Å²) in [5, 5.41) is 3.94. The number of unbranched alkanes of at least 4 members (excludes halogenated alkanes) is 3. The third kappa shape index (κ3) is 4.13. The average Bonchev–Trinajstić information content (AvgIpc) is 3.03. The van der Waals surface area contributed by atoms with Crippen LogP contribution < -0.4 is 9.47 Å². The average molecular weight is 325 g/mol. The van der Waals surface area contributed by atoms with Crippen LogP contribution in [0.5, 0.6) is 11.5 Å². The Morgan fingerprint density at radius 3 is 2.77 bits per heavy atom. The molecule has 5 nitrogen and oxygen atoms in total. The molecule has 0 saturated carbocycles. The zero-order chi connectivity index (χ0) is 15.8. The highest BCUT2D eigenvalue weighted by atomic mass is 35.5. The maximum atomic E-state index is 5.92. The summed E-state index contributed by atoms with van der Waals surface area (Å²) in [6.45, 7) is 2.82. The Balaban J connectivity index is 2.18. The minimum Gasteiger partial charge on any atom is -0.493 e. The molecular formula is C16H21ClN2O3. The van der Waals surface area contributed by atoms with Crippen LogP contribution >= 0.6 is 11.6 Å². The molecule has 0 spiro atoms. The lowest BCUT2D eigenvalue weighted by molar-refractivity contribution is 0.286. The van der Waals surface area contributed by atoms with Crippen LogP contribution in [0, 0.1) is 0 Å². The molecule has 0 radical (unpaired) electrons. The zero-order valence-corrected chi connectivity index (χ0v) is 13.7. The lowest BCUT2D eigenvalue weighted by atomic mass is 10.1. The second kappa shape index (κ2) is 8.63. The topological polar surface area (TPSA) is 57.4 Å². The van der Waals surface area contributed by atoms with Gasteiger partial charge in [-0.2, -0.15) is 4.98 Å². The number of alkyl halides is 1. The molecule has 2 rings (SSSR count). The van der Waals surface area contributed by atoms with Crippen molar-refractivity contribution in [1.29, 1.82) is 0 Å². The lowest BCUT2D eigenvalue weighted by Crippen LogP contribution is -2.01. The smallest absolute Gasteiger partial charge is 0.241 e. The van der Waals surface area contributed by atoms with Crippen LogP contribution in [0.3, 0.4) is 0 Å². The quantitative estimate of drug-likeness (QED) is 0.504. The van der Waals surface area contributed by atoms with Crippen LogP contribution in [-0.2, 0) is 5.88 Å². The number of aromatic nitrogens is 2. The fraction of sp³-hybridized carbons (Fsp3) is 0.500. The molecule has 0 aliphatic heterocycles. The van der Waals surface area contributed by atoms with Crippen LogP contribution in [0.25, 0.3) is 11.4 Å². The molecule has 0 aliphatic carbocycles. The summed E-state index contributed by atoms with van der Waals surface area (Å²) in [7, 11) is 1.61. The van der Waals surface area contributed by atoms with E-state index in [4.69, 9.17) is 25.6 Å². The molecule has 1 aromatic carbocycles. The van der Waals surface area contributed by atoms with Crippen molar-refractivity contribution in [1.82, 2.24) is 10.1 Å². The number of hydrogen-bond donors (Lipinski definition) is 0. The van der Waals surface area contributed by atoms with Gasteiger partial charge in [-0.25, -0.2) is 0 Å². The van der Waals surface area contributed by atoms with Gasteiger partial charge >= 0.3 is 0 Å². The Bertz CT molecular complexity index is 587. The number of methoxy groups -OCH3 is 1. The van der Waals surface area contributed by atoms with Crippen molar-refractivity contribution >= 4 is 11.6 Å². The van der Waals surface area contributed by atoms with Crippen molar-refractivity contribution in [2.75, 3.05) is 13.7 Å². The standard InChI is InChI=1S/C16H21ClN2O3/c1-3-4-5-6-10-21-15-12(8-7-9-13(15)20-2)16-18-14(11-17)22-19-16/h7-9H,3-6,10-11H2,1-2H3. The highest BCUT2D eigenvalue weighted by Crippen LogP contribution is 2.37. The molecule has 0 saturated heterocycles. The highest BCUT2D eigenvalue weighted by molar-refractivity contribution is 6.16. The van der Waals surface area contributed by atoms with Gasteiger partial charge in [-0.05, 0) is 18.6 Å². The molecular weight excluding hydrogens is 304 g/mol. The molecule has 1 heterocycles. The first kappa shape index (κ1) is 16.6. The van der Waals surface area contributed by atoms with Gasteiger partial charge in [0.2, 0.25) is 11.7 Å². The summed E-state index contributed by atoms with van der Waals surface area (Å²) in [5.74, 6) is 2.32. The van der Waals surface area contributed by atoms with Crippen LogP contribution in [-0.4, -0.2) is 23.9 Å². The Morgan fingerprint density at radius 1 is 1.23 bits per heavy atom. The third-order valence-electron chi connectivity index (χ3n) is 3.27. The monoisotopic (exact) mass is 324 g/mol.